The maximum Gasteiger partial charge on any atom is 0.282 e. The van der Waals surface area contributed by atoms with Gasteiger partial charge in [-0.05, 0) is 25.5 Å². The number of halogens is 2. The van der Waals surface area contributed by atoms with E-state index in [1.54, 1.807) is 6.20 Å². The summed E-state index contributed by atoms with van der Waals surface area (Å²) in [5, 5.41) is 13.9. The van der Waals surface area contributed by atoms with Crippen LogP contribution in [-0.4, -0.2) is 69.3 Å². The second kappa shape index (κ2) is 7.96. The molecule has 0 aromatic carbocycles. The van der Waals surface area contributed by atoms with Gasteiger partial charge in [0, 0.05) is 24.0 Å². The standard InChI is InChI=1S/C18H19F2N7OS/c19-18(20)10-27(11-18)15(28)14-9-29-17(24-14)25-16-22-5-3-13(23-16)12-2-1-6-26(8-12)7-4-21/h3,5,9,12H,1-2,6-8,10-11H2,(H,22,23,24,25)/t12-/m1/s1. The Morgan fingerprint density at radius 3 is 3.00 bits per heavy atom. The van der Waals surface area contributed by atoms with Crippen LogP contribution in [0.3, 0.4) is 0 Å². The molecule has 2 aliphatic rings. The predicted octanol–water partition coefficient (Wildman–Crippen LogP) is 2.47. The van der Waals surface area contributed by atoms with Gasteiger partial charge in [0.05, 0.1) is 31.4 Å². The number of likely N-dealkylation sites (tertiary alicyclic amines) is 2. The molecule has 8 nitrogen and oxygen atoms in total. The summed E-state index contributed by atoms with van der Waals surface area (Å²) in [5.74, 6) is -2.72. The number of rotatable bonds is 5. The third-order valence-corrected chi connectivity index (χ3v) is 5.73. The summed E-state index contributed by atoms with van der Waals surface area (Å²) in [7, 11) is 0. The van der Waals surface area contributed by atoms with Crippen LogP contribution in [0, 0.1) is 11.3 Å². The molecule has 4 rings (SSSR count). The first-order valence-electron chi connectivity index (χ1n) is 9.25. The van der Waals surface area contributed by atoms with Crippen molar-refractivity contribution in [1.82, 2.24) is 24.8 Å². The Bertz CT molecular complexity index is 936. The summed E-state index contributed by atoms with van der Waals surface area (Å²) >= 11 is 1.19. The van der Waals surface area contributed by atoms with Crippen molar-refractivity contribution < 1.29 is 13.6 Å². The van der Waals surface area contributed by atoms with Crippen LogP contribution in [0.15, 0.2) is 17.6 Å². The monoisotopic (exact) mass is 419 g/mol. The molecule has 0 unspecified atom stereocenters. The van der Waals surface area contributed by atoms with E-state index in [4.69, 9.17) is 5.26 Å². The Morgan fingerprint density at radius 1 is 1.41 bits per heavy atom. The maximum atomic E-state index is 13.0. The predicted molar refractivity (Wildman–Crippen MR) is 102 cm³/mol. The number of piperidine rings is 1. The van der Waals surface area contributed by atoms with Crippen LogP contribution in [0.1, 0.15) is 34.9 Å². The molecule has 0 radical (unpaired) electrons. The molecule has 1 amide bonds. The molecule has 29 heavy (non-hydrogen) atoms. The van der Waals surface area contributed by atoms with Crippen LogP contribution in [0.25, 0.3) is 0 Å². The van der Waals surface area contributed by atoms with E-state index < -0.39 is 24.9 Å². The number of anilines is 2. The minimum atomic E-state index is -2.80. The fraction of sp³-hybridized carbons (Fsp3) is 0.500. The molecule has 0 saturated carbocycles. The quantitative estimate of drug-likeness (QED) is 0.744. The van der Waals surface area contributed by atoms with Gasteiger partial charge in [0.15, 0.2) is 5.13 Å². The highest BCUT2D eigenvalue weighted by molar-refractivity contribution is 7.14. The van der Waals surface area contributed by atoms with Crippen molar-refractivity contribution in [2.45, 2.75) is 24.7 Å². The van der Waals surface area contributed by atoms with Crippen LogP contribution < -0.4 is 5.32 Å². The van der Waals surface area contributed by atoms with Crippen LogP contribution in [-0.2, 0) is 0 Å². The van der Waals surface area contributed by atoms with E-state index in [0.29, 0.717) is 17.6 Å². The number of hydrogen-bond acceptors (Lipinski definition) is 8. The van der Waals surface area contributed by atoms with Crippen molar-refractivity contribution >= 4 is 28.3 Å². The molecular formula is C18H19F2N7OS. The summed E-state index contributed by atoms with van der Waals surface area (Å²) in [4.78, 5) is 28.3. The van der Waals surface area contributed by atoms with Gasteiger partial charge in [0.25, 0.3) is 11.8 Å². The molecule has 0 aliphatic carbocycles. The van der Waals surface area contributed by atoms with E-state index in [0.717, 1.165) is 36.5 Å². The zero-order valence-electron chi connectivity index (χ0n) is 15.5. The first kappa shape index (κ1) is 19.6. The molecule has 4 heterocycles. The molecule has 1 atom stereocenters. The SMILES string of the molecule is N#CCN1CCC[C@@H](c2ccnc(Nc3nc(C(=O)N4CC(F)(F)C4)cs3)n2)C1. The van der Waals surface area contributed by atoms with Gasteiger partial charge in [-0.25, -0.2) is 23.7 Å². The van der Waals surface area contributed by atoms with Crippen molar-refractivity contribution in [3.05, 3.63) is 29.0 Å². The Labute approximate surface area is 170 Å². The molecule has 2 aromatic heterocycles. The lowest BCUT2D eigenvalue weighted by molar-refractivity contribution is -0.113. The van der Waals surface area contributed by atoms with E-state index in [2.05, 4.69) is 31.2 Å². The number of hydrogen-bond donors (Lipinski definition) is 1. The van der Waals surface area contributed by atoms with E-state index >= 15 is 0 Å². The molecule has 11 heteroatoms. The number of amides is 1. The molecule has 0 bridgehead atoms. The highest BCUT2D eigenvalue weighted by Crippen LogP contribution is 2.30. The van der Waals surface area contributed by atoms with Gasteiger partial charge in [0.1, 0.15) is 5.69 Å². The summed E-state index contributed by atoms with van der Waals surface area (Å²) in [6, 6.07) is 4.05. The van der Waals surface area contributed by atoms with E-state index in [-0.39, 0.29) is 11.6 Å². The highest BCUT2D eigenvalue weighted by atomic mass is 32.1. The van der Waals surface area contributed by atoms with E-state index in [1.807, 2.05) is 6.07 Å². The summed E-state index contributed by atoms with van der Waals surface area (Å²) in [6.07, 6.45) is 3.66. The minimum absolute atomic E-state index is 0.128. The normalized spacial score (nSPS) is 21.3. The minimum Gasteiger partial charge on any atom is -0.325 e. The van der Waals surface area contributed by atoms with Gasteiger partial charge in [-0.15, -0.1) is 11.3 Å². The average Bonchev–Trinajstić information content (AvgIpc) is 3.15. The molecule has 152 valence electrons. The molecule has 2 saturated heterocycles. The lowest BCUT2D eigenvalue weighted by Gasteiger charge is -2.38. The van der Waals surface area contributed by atoms with Crippen LogP contribution in [0.2, 0.25) is 0 Å². The van der Waals surface area contributed by atoms with Crippen molar-refractivity contribution in [2.75, 3.05) is 38.0 Å². The fourth-order valence-electron chi connectivity index (χ4n) is 3.54. The van der Waals surface area contributed by atoms with Gasteiger partial charge in [-0.1, -0.05) is 0 Å². The highest BCUT2D eigenvalue weighted by Gasteiger charge is 2.46. The van der Waals surface area contributed by atoms with Gasteiger partial charge < -0.3 is 10.2 Å². The third kappa shape index (κ3) is 4.49. The maximum absolute atomic E-state index is 13.0. The number of alkyl halides is 2. The fourth-order valence-corrected chi connectivity index (χ4v) is 4.22. The number of thiazole rings is 1. The first-order valence-corrected chi connectivity index (χ1v) is 10.1. The lowest BCUT2D eigenvalue weighted by Crippen LogP contribution is -2.58. The van der Waals surface area contributed by atoms with Crippen LogP contribution in [0.4, 0.5) is 19.9 Å². The number of carbonyl (C=O) groups is 1. The first-order chi connectivity index (χ1) is 13.9. The van der Waals surface area contributed by atoms with Crippen molar-refractivity contribution in [2.24, 2.45) is 0 Å². The lowest BCUT2D eigenvalue weighted by atomic mass is 9.94. The number of nitrogens with one attached hydrogen (secondary N) is 1. The zero-order valence-corrected chi connectivity index (χ0v) is 16.3. The van der Waals surface area contributed by atoms with Gasteiger partial charge >= 0.3 is 0 Å². The zero-order chi connectivity index (χ0) is 20.4. The Morgan fingerprint density at radius 2 is 2.24 bits per heavy atom. The smallest absolute Gasteiger partial charge is 0.282 e. The van der Waals surface area contributed by atoms with E-state index in [1.165, 1.54) is 16.7 Å². The molecule has 0 spiro atoms. The molecule has 2 aromatic rings. The summed E-state index contributed by atoms with van der Waals surface area (Å²) < 4.78 is 25.9. The molecular weight excluding hydrogens is 400 g/mol. The topological polar surface area (TPSA) is 98.0 Å². The molecule has 2 fully saturated rings. The number of carbonyl (C=O) groups excluding carboxylic acids is 1. The Balaban J connectivity index is 1.40. The van der Waals surface area contributed by atoms with Crippen LogP contribution in [0.5, 0.6) is 0 Å². The van der Waals surface area contributed by atoms with E-state index in [9.17, 15) is 13.6 Å². The number of nitriles is 1. The molecule has 2 aliphatic heterocycles. The molecule has 1 N–H and O–H groups in total. The van der Waals surface area contributed by atoms with Gasteiger partial charge in [-0.3, -0.25) is 9.69 Å². The van der Waals surface area contributed by atoms with Crippen molar-refractivity contribution in [3.8, 4) is 6.07 Å². The van der Waals surface area contributed by atoms with Gasteiger partial charge in [0.2, 0.25) is 5.95 Å². The van der Waals surface area contributed by atoms with Crippen molar-refractivity contribution in [1.29, 1.82) is 5.26 Å². The largest absolute Gasteiger partial charge is 0.325 e. The second-order valence-electron chi connectivity index (χ2n) is 7.22. The summed E-state index contributed by atoms with van der Waals surface area (Å²) in [5.41, 5.74) is 1.02. The summed E-state index contributed by atoms with van der Waals surface area (Å²) in [6.45, 7) is 0.966. The van der Waals surface area contributed by atoms with Gasteiger partial charge in [-0.2, -0.15) is 5.26 Å². The number of aromatic nitrogens is 3. The van der Waals surface area contributed by atoms with Crippen LogP contribution >= 0.6 is 11.3 Å². The average molecular weight is 419 g/mol. The third-order valence-electron chi connectivity index (χ3n) is 4.97. The second-order valence-corrected chi connectivity index (χ2v) is 8.08. The number of nitrogens with zero attached hydrogens (tertiary/aromatic N) is 6. The Hall–Kier alpha value is -2.71. The van der Waals surface area contributed by atoms with Crippen molar-refractivity contribution in [3.63, 3.8) is 0 Å². The Kier molecular flexibility index (Phi) is 5.38.